The fourth-order valence-electron chi connectivity index (χ4n) is 3.69. The molecule has 0 amide bonds. The summed E-state index contributed by atoms with van der Waals surface area (Å²) < 4.78 is 1.49. The molecule has 1 atom stereocenters. The number of nitrogens with one attached hydrogen (secondary N) is 2. The van der Waals surface area contributed by atoms with E-state index in [4.69, 9.17) is 22.3 Å². The van der Waals surface area contributed by atoms with Crippen molar-refractivity contribution in [1.29, 1.82) is 0 Å². The van der Waals surface area contributed by atoms with E-state index in [-0.39, 0.29) is 28.4 Å². The number of fused-ring (bicyclic) bond motifs is 2. The molecular formula is C22H17ClN8O2. The van der Waals surface area contributed by atoms with Crippen LogP contribution in [0.5, 0.6) is 0 Å². The highest BCUT2D eigenvalue weighted by Gasteiger charge is 2.21. The van der Waals surface area contributed by atoms with Crippen molar-refractivity contribution in [3.8, 4) is 5.69 Å². The van der Waals surface area contributed by atoms with Crippen LogP contribution in [0.1, 0.15) is 18.8 Å². The Balaban J connectivity index is 1.73. The highest BCUT2D eigenvalue weighted by atomic mass is 35.5. The lowest BCUT2D eigenvalue weighted by molar-refractivity contribution is 0.732. The van der Waals surface area contributed by atoms with Gasteiger partial charge in [0.15, 0.2) is 5.65 Å². The van der Waals surface area contributed by atoms with Crippen molar-refractivity contribution in [2.45, 2.75) is 13.0 Å². The SMILES string of the molecule is CC(Nc1nc(N)nc2nc[nH]c(=O)c12)c1nc2cccc(Cl)c2c(=O)n1-c1ccccc1. The van der Waals surface area contributed by atoms with Gasteiger partial charge in [-0.25, -0.2) is 9.97 Å². The number of aromatic amines is 1. The Kier molecular flexibility index (Phi) is 4.98. The third-order valence-electron chi connectivity index (χ3n) is 5.14. The summed E-state index contributed by atoms with van der Waals surface area (Å²) >= 11 is 6.34. The van der Waals surface area contributed by atoms with E-state index in [2.05, 4.69) is 25.3 Å². The van der Waals surface area contributed by atoms with Gasteiger partial charge in [0.1, 0.15) is 17.0 Å². The van der Waals surface area contributed by atoms with Gasteiger partial charge >= 0.3 is 0 Å². The van der Waals surface area contributed by atoms with Crippen LogP contribution < -0.4 is 22.2 Å². The van der Waals surface area contributed by atoms with Crippen molar-refractivity contribution in [3.05, 3.63) is 86.4 Å². The van der Waals surface area contributed by atoms with Crippen LogP contribution in [0.25, 0.3) is 27.6 Å². The lowest BCUT2D eigenvalue weighted by Crippen LogP contribution is -2.28. The maximum atomic E-state index is 13.5. The molecule has 0 aliphatic rings. The molecular weight excluding hydrogens is 444 g/mol. The van der Waals surface area contributed by atoms with Crippen LogP contribution in [0.4, 0.5) is 11.8 Å². The number of hydrogen-bond donors (Lipinski definition) is 3. The molecule has 164 valence electrons. The van der Waals surface area contributed by atoms with Crippen molar-refractivity contribution < 1.29 is 0 Å². The van der Waals surface area contributed by atoms with Gasteiger partial charge in [-0.1, -0.05) is 35.9 Å². The van der Waals surface area contributed by atoms with E-state index in [9.17, 15) is 9.59 Å². The predicted octanol–water partition coefficient (Wildman–Crippen LogP) is 2.82. The Bertz CT molecular complexity index is 1630. The standard InChI is InChI=1S/C22H17ClN8O2/c1-11(27-18-16-17(29-22(24)30-18)25-10-26-20(16)32)19-28-14-9-5-8-13(23)15(14)21(33)31(19)12-6-3-2-4-7-12/h2-11H,1H3,(H4,24,25,26,27,29,30,32). The number of anilines is 2. The Hall–Kier alpha value is -4.31. The molecule has 0 fully saturated rings. The molecule has 2 aromatic carbocycles. The van der Waals surface area contributed by atoms with Crippen molar-refractivity contribution in [1.82, 2.24) is 29.5 Å². The zero-order chi connectivity index (χ0) is 23.1. The normalized spacial score (nSPS) is 12.2. The second kappa shape index (κ2) is 7.99. The number of nitrogens with zero attached hydrogens (tertiary/aromatic N) is 5. The first-order valence-electron chi connectivity index (χ1n) is 9.98. The summed E-state index contributed by atoms with van der Waals surface area (Å²) in [6.45, 7) is 1.80. The third kappa shape index (κ3) is 3.56. The molecule has 0 saturated carbocycles. The lowest BCUT2D eigenvalue weighted by Gasteiger charge is -2.20. The van der Waals surface area contributed by atoms with Crippen molar-refractivity contribution >= 4 is 45.3 Å². The summed E-state index contributed by atoms with van der Waals surface area (Å²) in [6.07, 6.45) is 1.24. The number of para-hydroxylation sites is 1. The van der Waals surface area contributed by atoms with E-state index in [1.54, 1.807) is 37.3 Å². The second-order valence-electron chi connectivity index (χ2n) is 7.31. The zero-order valence-corrected chi connectivity index (χ0v) is 18.0. The molecule has 0 aliphatic heterocycles. The summed E-state index contributed by atoms with van der Waals surface area (Å²) in [5.74, 6) is 0.528. The largest absolute Gasteiger partial charge is 0.368 e. The van der Waals surface area contributed by atoms with Crippen molar-refractivity contribution in [2.24, 2.45) is 0 Å². The summed E-state index contributed by atoms with van der Waals surface area (Å²) in [4.78, 5) is 45.5. The Morgan fingerprint density at radius 3 is 2.61 bits per heavy atom. The highest BCUT2D eigenvalue weighted by Crippen LogP contribution is 2.25. The second-order valence-corrected chi connectivity index (χ2v) is 7.71. The fraction of sp³-hybridized carbons (Fsp3) is 0.0909. The smallest absolute Gasteiger partial charge is 0.267 e. The van der Waals surface area contributed by atoms with Gasteiger partial charge in [0.25, 0.3) is 11.1 Å². The lowest BCUT2D eigenvalue weighted by atomic mass is 10.2. The monoisotopic (exact) mass is 460 g/mol. The minimum absolute atomic E-state index is 0.0472. The Morgan fingerprint density at radius 2 is 1.82 bits per heavy atom. The first-order valence-corrected chi connectivity index (χ1v) is 10.4. The Labute approximate surface area is 191 Å². The molecule has 0 spiro atoms. The predicted molar refractivity (Wildman–Crippen MR) is 127 cm³/mol. The van der Waals surface area contributed by atoms with Crippen LogP contribution in [-0.2, 0) is 0 Å². The van der Waals surface area contributed by atoms with Gasteiger partial charge in [-0.3, -0.25) is 14.2 Å². The van der Waals surface area contributed by atoms with Crippen LogP contribution in [-0.4, -0.2) is 29.5 Å². The molecule has 4 N–H and O–H groups in total. The van der Waals surface area contributed by atoms with Crippen molar-refractivity contribution in [3.63, 3.8) is 0 Å². The number of hydrogen-bond acceptors (Lipinski definition) is 8. The molecule has 1 unspecified atom stereocenters. The number of halogens is 1. The number of H-pyrrole nitrogens is 1. The van der Waals surface area contributed by atoms with Gasteiger partial charge < -0.3 is 16.0 Å². The minimum Gasteiger partial charge on any atom is -0.368 e. The van der Waals surface area contributed by atoms with Gasteiger partial charge in [0.05, 0.1) is 34.0 Å². The maximum absolute atomic E-state index is 13.5. The highest BCUT2D eigenvalue weighted by molar-refractivity contribution is 6.35. The van der Waals surface area contributed by atoms with E-state index in [1.165, 1.54) is 10.9 Å². The van der Waals surface area contributed by atoms with Crippen LogP contribution >= 0.6 is 11.6 Å². The number of rotatable bonds is 4. The minimum atomic E-state index is -0.571. The van der Waals surface area contributed by atoms with Gasteiger partial charge in [-0.05, 0) is 31.2 Å². The number of aromatic nitrogens is 6. The molecule has 3 aromatic heterocycles. The molecule has 3 heterocycles. The van der Waals surface area contributed by atoms with Gasteiger partial charge in [-0.2, -0.15) is 9.97 Å². The first-order chi connectivity index (χ1) is 15.9. The number of nitrogen functional groups attached to an aromatic ring is 1. The molecule has 10 nitrogen and oxygen atoms in total. The van der Waals surface area contributed by atoms with Gasteiger partial charge in [-0.15, -0.1) is 0 Å². The van der Waals surface area contributed by atoms with Crippen LogP contribution in [0.15, 0.2) is 64.4 Å². The fourth-order valence-corrected chi connectivity index (χ4v) is 3.94. The van der Waals surface area contributed by atoms with Crippen molar-refractivity contribution in [2.75, 3.05) is 11.1 Å². The van der Waals surface area contributed by atoms with Crippen LogP contribution in [0.2, 0.25) is 5.02 Å². The molecule has 0 bridgehead atoms. The zero-order valence-electron chi connectivity index (χ0n) is 17.3. The molecule has 11 heteroatoms. The average Bonchev–Trinajstić information content (AvgIpc) is 2.79. The van der Waals surface area contributed by atoms with Crippen LogP contribution in [0, 0.1) is 0 Å². The van der Waals surface area contributed by atoms with Gasteiger partial charge in [0, 0.05) is 0 Å². The van der Waals surface area contributed by atoms with Gasteiger partial charge in [0.2, 0.25) is 5.95 Å². The summed E-state index contributed by atoms with van der Waals surface area (Å²) in [7, 11) is 0. The van der Waals surface area contributed by atoms with E-state index >= 15 is 0 Å². The first kappa shape index (κ1) is 20.6. The summed E-state index contributed by atoms with van der Waals surface area (Å²) in [5, 5.41) is 3.93. The molecule has 0 aliphatic carbocycles. The quantitative estimate of drug-likeness (QED) is 0.371. The van der Waals surface area contributed by atoms with Crippen LogP contribution in [0.3, 0.4) is 0 Å². The molecule has 5 aromatic rings. The topological polar surface area (TPSA) is 144 Å². The molecule has 33 heavy (non-hydrogen) atoms. The number of nitrogens with two attached hydrogens (primary N) is 1. The third-order valence-corrected chi connectivity index (χ3v) is 5.46. The van der Waals surface area contributed by atoms with E-state index in [1.807, 2.05) is 18.2 Å². The molecule has 0 radical (unpaired) electrons. The van der Waals surface area contributed by atoms with E-state index in [0.717, 1.165) is 0 Å². The van der Waals surface area contributed by atoms with E-state index < -0.39 is 11.6 Å². The Morgan fingerprint density at radius 1 is 1.03 bits per heavy atom. The maximum Gasteiger partial charge on any atom is 0.267 e. The molecule has 5 rings (SSSR count). The summed E-state index contributed by atoms with van der Waals surface area (Å²) in [5.41, 5.74) is 6.31. The van der Waals surface area contributed by atoms with E-state index in [0.29, 0.717) is 27.4 Å². The average molecular weight is 461 g/mol. The molecule has 0 saturated heterocycles. The summed E-state index contributed by atoms with van der Waals surface area (Å²) in [6, 6.07) is 13.6. The number of benzene rings is 2.